The summed E-state index contributed by atoms with van der Waals surface area (Å²) in [6, 6.07) is 0. The number of aromatic nitrogens is 6. The lowest BCUT2D eigenvalue weighted by atomic mass is 9.70. The van der Waals surface area contributed by atoms with E-state index in [9.17, 15) is 0 Å². The number of rotatable bonds is 5. The fourth-order valence-corrected chi connectivity index (χ4v) is 3.95. The van der Waals surface area contributed by atoms with Gasteiger partial charge >= 0.3 is 0 Å². The zero-order valence-corrected chi connectivity index (χ0v) is 14.5. The summed E-state index contributed by atoms with van der Waals surface area (Å²) in [6.07, 6.45) is 7.77. The highest BCUT2D eigenvalue weighted by atomic mass is 16.5. The van der Waals surface area contributed by atoms with Crippen LogP contribution in [0.4, 0.5) is 0 Å². The summed E-state index contributed by atoms with van der Waals surface area (Å²) in [5, 5.41) is 15.5. The van der Waals surface area contributed by atoms with E-state index >= 15 is 0 Å². The molecule has 1 aliphatic carbocycles. The zero-order chi connectivity index (χ0) is 16.6. The second kappa shape index (κ2) is 6.27. The Balaban J connectivity index is 1.64. The normalized spacial score (nSPS) is 22.2. The number of nitrogens with one attached hydrogen (secondary N) is 1. The van der Waals surface area contributed by atoms with Crippen LogP contribution in [0, 0.1) is 11.3 Å². The second-order valence-electron chi connectivity index (χ2n) is 7.71. The number of H-pyrrole nitrogens is 1. The maximum Gasteiger partial charge on any atom is 0.203 e. The van der Waals surface area contributed by atoms with Crippen molar-refractivity contribution >= 4 is 0 Å². The number of aromatic amines is 1. The molecule has 1 aliphatic heterocycles. The van der Waals surface area contributed by atoms with Gasteiger partial charge in [-0.15, -0.1) is 5.10 Å². The van der Waals surface area contributed by atoms with Crippen LogP contribution < -0.4 is 0 Å². The summed E-state index contributed by atoms with van der Waals surface area (Å²) in [5.74, 6) is 2.76. The second-order valence-corrected chi connectivity index (χ2v) is 7.71. The summed E-state index contributed by atoms with van der Waals surface area (Å²) in [7, 11) is 0. The molecule has 2 aromatic rings. The van der Waals surface area contributed by atoms with Crippen molar-refractivity contribution in [3.05, 3.63) is 12.0 Å². The minimum atomic E-state index is 0.360. The van der Waals surface area contributed by atoms with E-state index in [2.05, 4.69) is 33.9 Å². The highest BCUT2D eigenvalue weighted by Crippen LogP contribution is 2.42. The van der Waals surface area contributed by atoms with Crippen LogP contribution in [0.3, 0.4) is 0 Å². The first-order valence-corrected chi connectivity index (χ1v) is 9.03. The molecule has 0 aromatic carbocycles. The molecule has 1 saturated heterocycles. The van der Waals surface area contributed by atoms with Crippen LogP contribution in [0.15, 0.2) is 6.20 Å². The van der Waals surface area contributed by atoms with Gasteiger partial charge in [0.1, 0.15) is 5.82 Å². The van der Waals surface area contributed by atoms with E-state index in [4.69, 9.17) is 14.8 Å². The Kier molecular flexibility index (Phi) is 4.12. The zero-order valence-electron chi connectivity index (χ0n) is 14.5. The maximum atomic E-state index is 5.52. The average molecular weight is 330 g/mol. The first-order valence-electron chi connectivity index (χ1n) is 9.03. The Morgan fingerprint density at radius 2 is 2.17 bits per heavy atom. The van der Waals surface area contributed by atoms with E-state index in [0.717, 1.165) is 38.4 Å². The van der Waals surface area contributed by atoms with Gasteiger partial charge in [-0.2, -0.15) is 15.4 Å². The van der Waals surface area contributed by atoms with Gasteiger partial charge < -0.3 is 4.74 Å². The topological polar surface area (TPSA) is 81.5 Å². The third kappa shape index (κ3) is 2.97. The molecule has 0 radical (unpaired) electrons. The average Bonchev–Trinajstić information content (AvgIpc) is 3.23. The fraction of sp³-hybridized carbons (Fsp3) is 0.765. The SMILES string of the molecule is CC(c1nc(-c2cn[nH]n2)nn1CC1(C)CCC1)C1CCOCC1. The molecule has 1 saturated carbocycles. The van der Waals surface area contributed by atoms with Gasteiger partial charge in [-0.05, 0) is 37.0 Å². The molecule has 2 aliphatic rings. The summed E-state index contributed by atoms with van der Waals surface area (Å²) in [5.41, 5.74) is 1.08. The van der Waals surface area contributed by atoms with Gasteiger partial charge in [-0.25, -0.2) is 9.67 Å². The van der Waals surface area contributed by atoms with Gasteiger partial charge in [0.25, 0.3) is 0 Å². The monoisotopic (exact) mass is 330 g/mol. The van der Waals surface area contributed by atoms with Gasteiger partial charge in [0, 0.05) is 25.7 Å². The molecule has 2 fully saturated rings. The van der Waals surface area contributed by atoms with Crippen molar-refractivity contribution in [1.29, 1.82) is 0 Å². The Morgan fingerprint density at radius 1 is 1.38 bits per heavy atom. The predicted molar refractivity (Wildman–Crippen MR) is 89.3 cm³/mol. The molecule has 1 N–H and O–H groups in total. The van der Waals surface area contributed by atoms with Crippen LogP contribution in [-0.2, 0) is 11.3 Å². The minimum Gasteiger partial charge on any atom is -0.381 e. The van der Waals surface area contributed by atoms with E-state index in [0.29, 0.717) is 28.8 Å². The lowest BCUT2D eigenvalue weighted by Crippen LogP contribution is -2.33. The van der Waals surface area contributed by atoms with Crippen molar-refractivity contribution in [2.24, 2.45) is 11.3 Å². The molecule has 7 nitrogen and oxygen atoms in total. The van der Waals surface area contributed by atoms with Crippen LogP contribution in [0.5, 0.6) is 0 Å². The molecule has 3 heterocycles. The maximum absolute atomic E-state index is 5.52. The van der Waals surface area contributed by atoms with Crippen LogP contribution in [0.2, 0.25) is 0 Å². The van der Waals surface area contributed by atoms with Gasteiger partial charge in [-0.1, -0.05) is 20.3 Å². The molecule has 4 rings (SSSR count). The van der Waals surface area contributed by atoms with E-state index in [-0.39, 0.29) is 0 Å². The smallest absolute Gasteiger partial charge is 0.203 e. The molecule has 0 spiro atoms. The van der Waals surface area contributed by atoms with Crippen molar-refractivity contribution in [2.45, 2.75) is 58.4 Å². The number of hydrogen-bond donors (Lipinski definition) is 1. The highest BCUT2D eigenvalue weighted by Gasteiger charge is 2.35. The van der Waals surface area contributed by atoms with Crippen LogP contribution >= 0.6 is 0 Å². The number of ether oxygens (including phenoxy) is 1. The Labute approximate surface area is 142 Å². The largest absolute Gasteiger partial charge is 0.381 e. The van der Waals surface area contributed by atoms with E-state index < -0.39 is 0 Å². The Bertz CT molecular complexity index is 669. The van der Waals surface area contributed by atoms with Gasteiger partial charge in [0.05, 0.1) is 6.20 Å². The van der Waals surface area contributed by atoms with Crippen molar-refractivity contribution in [3.8, 4) is 11.5 Å². The molecule has 2 aromatic heterocycles. The summed E-state index contributed by atoms with van der Waals surface area (Å²) < 4.78 is 7.66. The lowest BCUT2D eigenvalue weighted by molar-refractivity contribution is 0.0572. The predicted octanol–water partition coefficient (Wildman–Crippen LogP) is 2.78. The van der Waals surface area contributed by atoms with Crippen molar-refractivity contribution in [3.63, 3.8) is 0 Å². The van der Waals surface area contributed by atoms with Crippen LogP contribution in [0.1, 0.15) is 57.7 Å². The summed E-state index contributed by atoms with van der Waals surface area (Å²) in [6.45, 7) is 7.30. The quantitative estimate of drug-likeness (QED) is 0.911. The van der Waals surface area contributed by atoms with Crippen molar-refractivity contribution < 1.29 is 4.74 Å². The molecule has 1 atom stereocenters. The van der Waals surface area contributed by atoms with Crippen molar-refractivity contribution in [1.82, 2.24) is 30.2 Å². The molecular weight excluding hydrogens is 304 g/mol. The molecule has 130 valence electrons. The van der Waals surface area contributed by atoms with Gasteiger partial charge in [-0.3, -0.25) is 0 Å². The summed E-state index contributed by atoms with van der Waals surface area (Å²) in [4.78, 5) is 4.86. The first kappa shape index (κ1) is 15.7. The first-order chi connectivity index (χ1) is 11.6. The van der Waals surface area contributed by atoms with E-state index in [1.165, 1.54) is 19.3 Å². The molecule has 24 heavy (non-hydrogen) atoms. The lowest BCUT2D eigenvalue weighted by Gasteiger charge is -2.38. The minimum absolute atomic E-state index is 0.360. The highest BCUT2D eigenvalue weighted by molar-refractivity contribution is 5.45. The molecule has 0 amide bonds. The fourth-order valence-electron chi connectivity index (χ4n) is 3.95. The van der Waals surface area contributed by atoms with E-state index in [1.54, 1.807) is 6.20 Å². The molecule has 7 heteroatoms. The van der Waals surface area contributed by atoms with Gasteiger partial charge in [0.15, 0.2) is 5.69 Å². The van der Waals surface area contributed by atoms with Crippen LogP contribution in [-0.4, -0.2) is 43.4 Å². The Morgan fingerprint density at radius 3 is 2.79 bits per heavy atom. The molecule has 0 bridgehead atoms. The third-order valence-corrected chi connectivity index (χ3v) is 5.82. The third-order valence-electron chi connectivity index (χ3n) is 5.82. The summed E-state index contributed by atoms with van der Waals surface area (Å²) >= 11 is 0. The van der Waals surface area contributed by atoms with E-state index in [1.807, 2.05) is 0 Å². The van der Waals surface area contributed by atoms with Crippen LogP contribution in [0.25, 0.3) is 11.5 Å². The van der Waals surface area contributed by atoms with Gasteiger partial charge in [0.2, 0.25) is 5.82 Å². The van der Waals surface area contributed by atoms with Crippen molar-refractivity contribution in [2.75, 3.05) is 13.2 Å². The molecule has 1 unspecified atom stereocenters. The number of nitrogens with zero attached hydrogens (tertiary/aromatic N) is 5. The standard InChI is InChI=1S/C17H26N6O/c1-12(13-4-8-24-9-5-13)16-19-15(14-10-18-22-20-14)21-23(16)11-17(2)6-3-7-17/h10,12-13H,3-9,11H2,1-2H3,(H,18,20,22). The number of hydrogen-bond acceptors (Lipinski definition) is 5. The Hall–Kier alpha value is -1.76. The molecular formula is C17H26N6O.